The SMILES string of the molecule is O=S(=O)(Nc1ccc(N2CCOCC2)cc1)c1cn[nH]c1. The van der Waals surface area contributed by atoms with Crippen molar-refractivity contribution in [3.05, 3.63) is 36.7 Å². The van der Waals surface area contributed by atoms with Gasteiger partial charge < -0.3 is 9.64 Å². The summed E-state index contributed by atoms with van der Waals surface area (Å²) >= 11 is 0. The minimum Gasteiger partial charge on any atom is -0.378 e. The van der Waals surface area contributed by atoms with Crippen molar-refractivity contribution in [3.63, 3.8) is 0 Å². The summed E-state index contributed by atoms with van der Waals surface area (Å²) in [7, 11) is -3.59. The first-order valence-corrected chi connectivity index (χ1v) is 8.08. The summed E-state index contributed by atoms with van der Waals surface area (Å²) in [5.74, 6) is 0. The Labute approximate surface area is 123 Å². The molecule has 1 aromatic carbocycles. The number of aromatic amines is 1. The van der Waals surface area contributed by atoms with Crippen LogP contribution in [-0.4, -0.2) is 44.9 Å². The Bertz CT molecular complexity index is 677. The highest BCUT2D eigenvalue weighted by Crippen LogP contribution is 2.21. The van der Waals surface area contributed by atoms with Crippen molar-refractivity contribution in [1.29, 1.82) is 0 Å². The third-order valence-electron chi connectivity index (χ3n) is 3.28. The summed E-state index contributed by atoms with van der Waals surface area (Å²) in [6.07, 6.45) is 2.61. The number of anilines is 2. The molecular weight excluding hydrogens is 292 g/mol. The van der Waals surface area contributed by atoms with Gasteiger partial charge in [0.2, 0.25) is 0 Å². The average Bonchev–Trinajstić information content (AvgIpc) is 3.04. The van der Waals surface area contributed by atoms with Gasteiger partial charge in [-0.1, -0.05) is 0 Å². The number of nitrogens with one attached hydrogen (secondary N) is 2. The molecular formula is C13H16N4O3S. The van der Waals surface area contributed by atoms with E-state index >= 15 is 0 Å². The molecule has 0 radical (unpaired) electrons. The van der Waals surface area contributed by atoms with E-state index in [1.54, 1.807) is 12.1 Å². The number of ether oxygens (including phenoxy) is 1. The molecule has 1 saturated heterocycles. The third-order valence-corrected chi connectivity index (χ3v) is 4.63. The zero-order valence-corrected chi connectivity index (χ0v) is 12.1. The average molecular weight is 308 g/mol. The van der Waals surface area contributed by atoms with E-state index in [1.807, 2.05) is 12.1 Å². The molecule has 2 aromatic rings. The molecule has 0 atom stereocenters. The van der Waals surface area contributed by atoms with E-state index in [0.717, 1.165) is 32.0 Å². The van der Waals surface area contributed by atoms with Gasteiger partial charge in [0, 0.05) is 30.7 Å². The van der Waals surface area contributed by atoms with Crippen LogP contribution in [0, 0.1) is 0 Å². The molecule has 0 unspecified atom stereocenters. The number of nitrogens with zero attached hydrogens (tertiary/aromatic N) is 2. The minimum absolute atomic E-state index is 0.111. The molecule has 112 valence electrons. The van der Waals surface area contributed by atoms with Crippen LogP contribution < -0.4 is 9.62 Å². The van der Waals surface area contributed by atoms with Crippen LogP contribution in [0.15, 0.2) is 41.6 Å². The molecule has 3 rings (SSSR count). The number of aromatic nitrogens is 2. The molecule has 1 aromatic heterocycles. The lowest BCUT2D eigenvalue weighted by Crippen LogP contribution is -2.36. The van der Waals surface area contributed by atoms with Crippen LogP contribution in [0.4, 0.5) is 11.4 Å². The zero-order chi connectivity index (χ0) is 14.7. The van der Waals surface area contributed by atoms with E-state index in [4.69, 9.17) is 4.74 Å². The smallest absolute Gasteiger partial charge is 0.265 e. The van der Waals surface area contributed by atoms with E-state index in [-0.39, 0.29) is 4.90 Å². The van der Waals surface area contributed by atoms with Gasteiger partial charge in [-0.15, -0.1) is 0 Å². The number of morpholine rings is 1. The fourth-order valence-electron chi connectivity index (χ4n) is 2.16. The summed E-state index contributed by atoms with van der Waals surface area (Å²) in [4.78, 5) is 2.32. The minimum atomic E-state index is -3.59. The van der Waals surface area contributed by atoms with Crippen LogP contribution in [-0.2, 0) is 14.8 Å². The molecule has 2 N–H and O–H groups in total. The molecule has 1 aliphatic heterocycles. The molecule has 0 spiro atoms. The van der Waals surface area contributed by atoms with E-state index in [9.17, 15) is 8.42 Å². The summed E-state index contributed by atoms with van der Waals surface area (Å²) in [6, 6.07) is 7.31. The Morgan fingerprint density at radius 1 is 1.19 bits per heavy atom. The monoisotopic (exact) mass is 308 g/mol. The van der Waals surface area contributed by atoms with Crippen LogP contribution in [0.5, 0.6) is 0 Å². The number of sulfonamides is 1. The van der Waals surface area contributed by atoms with Gasteiger partial charge in [0.15, 0.2) is 0 Å². The highest BCUT2D eigenvalue weighted by atomic mass is 32.2. The highest BCUT2D eigenvalue weighted by Gasteiger charge is 2.16. The Morgan fingerprint density at radius 2 is 1.90 bits per heavy atom. The fraction of sp³-hybridized carbons (Fsp3) is 0.308. The topological polar surface area (TPSA) is 87.3 Å². The molecule has 0 amide bonds. The Kier molecular flexibility index (Phi) is 3.80. The number of H-pyrrole nitrogens is 1. The highest BCUT2D eigenvalue weighted by molar-refractivity contribution is 7.92. The molecule has 7 nitrogen and oxygen atoms in total. The van der Waals surface area contributed by atoms with Gasteiger partial charge >= 0.3 is 0 Å². The Hall–Kier alpha value is -2.06. The summed E-state index contributed by atoms with van der Waals surface area (Å²) in [5.41, 5.74) is 1.58. The Morgan fingerprint density at radius 3 is 2.52 bits per heavy atom. The molecule has 2 heterocycles. The number of rotatable bonds is 4. The quantitative estimate of drug-likeness (QED) is 0.881. The van der Waals surface area contributed by atoms with Crippen LogP contribution in [0.3, 0.4) is 0 Å². The standard InChI is InChI=1S/C13H16N4O3S/c18-21(19,13-9-14-15-10-13)16-11-1-3-12(4-2-11)17-5-7-20-8-6-17/h1-4,9-10,16H,5-8H2,(H,14,15). The normalized spacial score (nSPS) is 15.9. The first-order valence-electron chi connectivity index (χ1n) is 6.59. The van der Waals surface area contributed by atoms with Gasteiger partial charge in [0.1, 0.15) is 4.90 Å². The first kappa shape index (κ1) is 13.9. The van der Waals surface area contributed by atoms with Crippen molar-refractivity contribution in [1.82, 2.24) is 10.2 Å². The largest absolute Gasteiger partial charge is 0.378 e. The summed E-state index contributed by atoms with van der Waals surface area (Å²) < 4.78 is 31.9. The van der Waals surface area contributed by atoms with Gasteiger partial charge in [-0.25, -0.2) is 8.42 Å². The third kappa shape index (κ3) is 3.17. The van der Waals surface area contributed by atoms with Gasteiger partial charge in [-0.2, -0.15) is 5.10 Å². The summed E-state index contributed by atoms with van der Waals surface area (Å²) in [5, 5.41) is 6.13. The summed E-state index contributed by atoms with van der Waals surface area (Å²) in [6.45, 7) is 3.13. The second kappa shape index (κ2) is 5.74. The molecule has 21 heavy (non-hydrogen) atoms. The van der Waals surface area contributed by atoms with Gasteiger partial charge in [0.05, 0.1) is 19.4 Å². The van der Waals surface area contributed by atoms with Crippen molar-refractivity contribution < 1.29 is 13.2 Å². The van der Waals surface area contributed by atoms with Crippen LogP contribution in [0.2, 0.25) is 0 Å². The van der Waals surface area contributed by atoms with Gasteiger partial charge in [-0.3, -0.25) is 9.82 Å². The molecule has 0 aliphatic carbocycles. The van der Waals surface area contributed by atoms with Crippen molar-refractivity contribution in [2.24, 2.45) is 0 Å². The van der Waals surface area contributed by atoms with Crippen LogP contribution >= 0.6 is 0 Å². The molecule has 1 fully saturated rings. The number of benzene rings is 1. The van der Waals surface area contributed by atoms with E-state index in [0.29, 0.717) is 5.69 Å². The maximum Gasteiger partial charge on any atom is 0.265 e. The second-order valence-corrected chi connectivity index (χ2v) is 6.37. The predicted molar refractivity (Wildman–Crippen MR) is 78.9 cm³/mol. The predicted octanol–water partition coefficient (Wildman–Crippen LogP) is 1.05. The number of hydrogen-bond acceptors (Lipinski definition) is 5. The van der Waals surface area contributed by atoms with E-state index in [1.165, 1.54) is 12.4 Å². The van der Waals surface area contributed by atoms with Crippen LogP contribution in [0.1, 0.15) is 0 Å². The zero-order valence-electron chi connectivity index (χ0n) is 11.3. The lowest BCUT2D eigenvalue weighted by molar-refractivity contribution is 0.122. The van der Waals surface area contributed by atoms with Gasteiger partial charge in [-0.05, 0) is 24.3 Å². The fourth-order valence-corrected chi connectivity index (χ4v) is 3.13. The van der Waals surface area contributed by atoms with E-state index in [2.05, 4.69) is 19.8 Å². The Balaban J connectivity index is 1.72. The molecule has 1 aliphatic rings. The van der Waals surface area contributed by atoms with E-state index < -0.39 is 10.0 Å². The molecule has 0 bridgehead atoms. The molecule has 8 heteroatoms. The lowest BCUT2D eigenvalue weighted by Gasteiger charge is -2.28. The van der Waals surface area contributed by atoms with Crippen molar-refractivity contribution in [2.75, 3.05) is 35.9 Å². The maximum atomic E-state index is 12.1. The van der Waals surface area contributed by atoms with Crippen LogP contribution in [0.25, 0.3) is 0 Å². The van der Waals surface area contributed by atoms with Crippen molar-refractivity contribution in [2.45, 2.75) is 4.90 Å². The maximum absolute atomic E-state index is 12.1. The second-order valence-electron chi connectivity index (χ2n) is 4.69. The first-order chi connectivity index (χ1) is 10.1. The number of hydrogen-bond donors (Lipinski definition) is 2. The lowest BCUT2D eigenvalue weighted by atomic mass is 10.2. The van der Waals surface area contributed by atoms with Gasteiger partial charge in [0.25, 0.3) is 10.0 Å². The molecule has 0 saturated carbocycles. The van der Waals surface area contributed by atoms with Crippen molar-refractivity contribution in [3.8, 4) is 0 Å². The van der Waals surface area contributed by atoms with Crippen molar-refractivity contribution >= 4 is 21.4 Å².